The molecule has 142 valence electrons. The number of nitrogens with one attached hydrogen (secondary N) is 1. The van der Waals surface area contributed by atoms with Crippen molar-refractivity contribution >= 4 is 29.2 Å². The molecule has 0 heterocycles. The number of nitrogens with zero attached hydrogens (tertiary/aromatic N) is 1. The van der Waals surface area contributed by atoms with E-state index in [1.807, 2.05) is 0 Å². The van der Waals surface area contributed by atoms with Gasteiger partial charge in [-0.05, 0) is 30.3 Å². The second kappa shape index (κ2) is 9.00. The summed E-state index contributed by atoms with van der Waals surface area (Å²) in [5, 5.41) is 14.1. The number of rotatable bonds is 7. The maximum atomic E-state index is 12.4. The molecule has 0 bridgehead atoms. The van der Waals surface area contributed by atoms with Crippen molar-refractivity contribution in [3.8, 4) is 5.75 Å². The number of carbonyl (C=O) groups is 2. The molecule has 2 aromatic carbocycles. The first-order valence-corrected chi connectivity index (χ1v) is 8.19. The molecule has 0 aliphatic heterocycles. The molecule has 27 heavy (non-hydrogen) atoms. The van der Waals surface area contributed by atoms with Crippen molar-refractivity contribution < 1.29 is 24.0 Å². The highest BCUT2D eigenvalue weighted by atomic mass is 35.5. The lowest BCUT2D eigenvalue weighted by Gasteiger charge is -2.18. The zero-order chi connectivity index (χ0) is 20.0. The standard InChI is InChI=1S/C18H17ClN2O6/c1-26-16-8-7-14(21(24)25)9-12(16)10-15(18(23)27-2)20-17(22)11-3-5-13(19)6-4-11/h3-9,15H,10H2,1-2H3,(H,20,22)/t15-/m1/s1. The number of hydrogen-bond acceptors (Lipinski definition) is 6. The van der Waals surface area contributed by atoms with Crippen LogP contribution in [-0.2, 0) is 16.0 Å². The molecular weight excluding hydrogens is 376 g/mol. The Kier molecular flexibility index (Phi) is 6.73. The minimum absolute atomic E-state index is 0.0448. The van der Waals surface area contributed by atoms with Crippen LogP contribution in [0.5, 0.6) is 5.75 Å². The van der Waals surface area contributed by atoms with E-state index in [0.717, 1.165) is 0 Å². The fourth-order valence-corrected chi connectivity index (χ4v) is 2.56. The Bertz CT molecular complexity index is 853. The summed E-state index contributed by atoms with van der Waals surface area (Å²) in [7, 11) is 2.60. The van der Waals surface area contributed by atoms with Crippen LogP contribution in [0.15, 0.2) is 42.5 Å². The summed E-state index contributed by atoms with van der Waals surface area (Å²) in [4.78, 5) is 35.0. The maximum absolute atomic E-state index is 12.4. The van der Waals surface area contributed by atoms with Crippen molar-refractivity contribution in [2.45, 2.75) is 12.5 Å². The molecule has 2 aromatic rings. The van der Waals surface area contributed by atoms with E-state index < -0.39 is 22.8 Å². The Hall–Kier alpha value is -3.13. The van der Waals surface area contributed by atoms with Gasteiger partial charge in [0.25, 0.3) is 11.6 Å². The molecule has 0 unspecified atom stereocenters. The summed E-state index contributed by atoms with van der Waals surface area (Å²) < 4.78 is 9.94. The number of halogens is 1. The first kappa shape index (κ1) is 20.2. The molecule has 0 fully saturated rings. The number of nitro groups is 1. The molecule has 9 heteroatoms. The summed E-state index contributed by atoms with van der Waals surface area (Å²) in [6.45, 7) is 0. The predicted octanol–water partition coefficient (Wildman–Crippen LogP) is 2.77. The number of amides is 1. The lowest BCUT2D eigenvalue weighted by molar-refractivity contribution is -0.384. The monoisotopic (exact) mass is 392 g/mol. The number of ether oxygens (including phenoxy) is 2. The van der Waals surface area contributed by atoms with Gasteiger partial charge >= 0.3 is 5.97 Å². The third-order valence-corrected chi connectivity index (χ3v) is 4.05. The van der Waals surface area contributed by atoms with Crippen LogP contribution in [0.4, 0.5) is 5.69 Å². The lowest BCUT2D eigenvalue weighted by Crippen LogP contribution is -2.43. The van der Waals surface area contributed by atoms with E-state index in [0.29, 0.717) is 21.9 Å². The van der Waals surface area contributed by atoms with Crippen LogP contribution < -0.4 is 10.1 Å². The molecule has 0 aromatic heterocycles. The van der Waals surface area contributed by atoms with Gasteiger partial charge in [-0.15, -0.1) is 0 Å². The zero-order valence-electron chi connectivity index (χ0n) is 14.6. The van der Waals surface area contributed by atoms with Gasteiger partial charge in [0.15, 0.2) is 0 Å². The summed E-state index contributed by atoms with van der Waals surface area (Å²) in [5.41, 5.74) is 0.538. The molecule has 0 radical (unpaired) electrons. The van der Waals surface area contributed by atoms with E-state index >= 15 is 0 Å². The minimum Gasteiger partial charge on any atom is -0.496 e. The molecule has 0 saturated heterocycles. The third-order valence-electron chi connectivity index (χ3n) is 3.80. The molecule has 2 rings (SSSR count). The molecule has 1 atom stereocenters. The number of hydrogen-bond donors (Lipinski definition) is 1. The number of methoxy groups -OCH3 is 2. The Morgan fingerprint density at radius 3 is 2.41 bits per heavy atom. The number of nitro benzene ring substituents is 1. The Morgan fingerprint density at radius 1 is 1.19 bits per heavy atom. The minimum atomic E-state index is -1.06. The summed E-state index contributed by atoms with van der Waals surface area (Å²) in [5.74, 6) is -0.840. The SMILES string of the molecule is COC(=O)[C@@H](Cc1cc([N+](=O)[O-])ccc1OC)NC(=O)c1ccc(Cl)cc1. The fourth-order valence-electron chi connectivity index (χ4n) is 2.44. The molecule has 1 amide bonds. The molecule has 0 saturated carbocycles. The van der Waals surface area contributed by atoms with E-state index in [1.165, 1.54) is 44.6 Å². The van der Waals surface area contributed by atoms with Gasteiger partial charge in [0, 0.05) is 34.7 Å². The van der Waals surface area contributed by atoms with Crippen molar-refractivity contribution in [2.24, 2.45) is 0 Å². The largest absolute Gasteiger partial charge is 0.496 e. The van der Waals surface area contributed by atoms with Crippen molar-refractivity contribution in [1.29, 1.82) is 0 Å². The highest BCUT2D eigenvalue weighted by Gasteiger charge is 2.25. The van der Waals surface area contributed by atoms with Crippen LogP contribution in [0.2, 0.25) is 5.02 Å². The number of non-ortho nitro benzene ring substituents is 1. The van der Waals surface area contributed by atoms with E-state index in [-0.39, 0.29) is 12.1 Å². The quantitative estimate of drug-likeness (QED) is 0.441. The lowest BCUT2D eigenvalue weighted by atomic mass is 10.0. The van der Waals surface area contributed by atoms with Gasteiger partial charge in [0.1, 0.15) is 11.8 Å². The van der Waals surface area contributed by atoms with Crippen LogP contribution in [-0.4, -0.2) is 37.1 Å². The fraction of sp³-hybridized carbons (Fsp3) is 0.222. The van der Waals surface area contributed by atoms with Gasteiger partial charge in [-0.3, -0.25) is 14.9 Å². The average Bonchev–Trinajstić information content (AvgIpc) is 2.67. The predicted molar refractivity (Wildman–Crippen MR) is 98.1 cm³/mol. The first-order valence-electron chi connectivity index (χ1n) is 7.81. The summed E-state index contributed by atoms with van der Waals surface area (Å²) >= 11 is 5.80. The van der Waals surface area contributed by atoms with Gasteiger partial charge in [-0.25, -0.2) is 4.79 Å². The van der Waals surface area contributed by atoms with Crippen LogP contribution in [0, 0.1) is 10.1 Å². The second-order valence-corrected chi connectivity index (χ2v) is 5.95. The third kappa shape index (κ3) is 5.18. The molecule has 1 N–H and O–H groups in total. The van der Waals surface area contributed by atoms with Crippen LogP contribution in [0.3, 0.4) is 0 Å². The normalized spacial score (nSPS) is 11.4. The summed E-state index contributed by atoms with van der Waals surface area (Å²) in [6, 6.07) is 9.09. The van der Waals surface area contributed by atoms with E-state index in [4.69, 9.17) is 21.1 Å². The molecule has 0 aliphatic rings. The van der Waals surface area contributed by atoms with Gasteiger partial charge in [-0.2, -0.15) is 0 Å². The van der Waals surface area contributed by atoms with Crippen molar-refractivity contribution in [2.75, 3.05) is 14.2 Å². The van der Waals surface area contributed by atoms with Gasteiger partial charge in [0.05, 0.1) is 19.1 Å². The van der Waals surface area contributed by atoms with Gasteiger partial charge < -0.3 is 14.8 Å². The maximum Gasteiger partial charge on any atom is 0.328 e. The average molecular weight is 393 g/mol. The summed E-state index contributed by atoms with van der Waals surface area (Å²) in [6.07, 6.45) is -0.0448. The molecule has 8 nitrogen and oxygen atoms in total. The van der Waals surface area contributed by atoms with E-state index in [1.54, 1.807) is 12.1 Å². The molecular formula is C18H17ClN2O6. The van der Waals surface area contributed by atoms with Crippen molar-refractivity contribution in [1.82, 2.24) is 5.32 Å². The van der Waals surface area contributed by atoms with E-state index in [9.17, 15) is 19.7 Å². The van der Waals surface area contributed by atoms with Gasteiger partial charge in [0.2, 0.25) is 0 Å². The highest BCUT2D eigenvalue weighted by Crippen LogP contribution is 2.25. The van der Waals surface area contributed by atoms with Crippen LogP contribution in [0.25, 0.3) is 0 Å². The number of carbonyl (C=O) groups excluding carboxylic acids is 2. The Morgan fingerprint density at radius 2 is 1.85 bits per heavy atom. The van der Waals surface area contributed by atoms with Crippen LogP contribution in [0.1, 0.15) is 15.9 Å². The van der Waals surface area contributed by atoms with Crippen LogP contribution >= 0.6 is 11.6 Å². The van der Waals surface area contributed by atoms with Gasteiger partial charge in [-0.1, -0.05) is 11.6 Å². The number of benzene rings is 2. The molecule has 0 spiro atoms. The highest BCUT2D eigenvalue weighted by molar-refractivity contribution is 6.30. The second-order valence-electron chi connectivity index (χ2n) is 5.51. The Balaban J connectivity index is 2.28. The Labute approximate surface area is 160 Å². The topological polar surface area (TPSA) is 108 Å². The first-order chi connectivity index (χ1) is 12.8. The number of esters is 1. The molecule has 0 aliphatic carbocycles. The smallest absolute Gasteiger partial charge is 0.328 e. The van der Waals surface area contributed by atoms with E-state index in [2.05, 4.69) is 5.32 Å². The van der Waals surface area contributed by atoms with Crippen molar-refractivity contribution in [3.63, 3.8) is 0 Å². The zero-order valence-corrected chi connectivity index (χ0v) is 15.4. The van der Waals surface area contributed by atoms with Crippen molar-refractivity contribution in [3.05, 3.63) is 68.7 Å².